The Morgan fingerprint density at radius 3 is 2.70 bits per heavy atom. The number of nitrogens with two attached hydrogens (primary N) is 1. The van der Waals surface area contributed by atoms with Crippen LogP contribution in [0, 0.1) is 0 Å². The van der Waals surface area contributed by atoms with E-state index in [1.54, 1.807) is 0 Å². The number of unbranched alkanes of at least 4 members (excludes halogenated alkanes) is 3. The highest BCUT2D eigenvalue weighted by atomic mass is 16.3. The average molecular weight is 284 g/mol. The highest BCUT2D eigenvalue weighted by Crippen LogP contribution is 2.09. The highest BCUT2D eigenvalue weighted by Gasteiger charge is 2.15. The van der Waals surface area contributed by atoms with Gasteiger partial charge in [0, 0.05) is 26.2 Å². The van der Waals surface area contributed by atoms with Crippen LogP contribution in [0.2, 0.25) is 0 Å². The van der Waals surface area contributed by atoms with Crippen LogP contribution in [-0.2, 0) is 0 Å². The summed E-state index contributed by atoms with van der Waals surface area (Å²) in [5.74, 6) is 0.579. The fraction of sp³-hybridized carbons (Fsp3) is 0.933. The van der Waals surface area contributed by atoms with Crippen LogP contribution in [0.3, 0.4) is 0 Å². The Kier molecular flexibility index (Phi) is 9.41. The van der Waals surface area contributed by atoms with Gasteiger partial charge in [0.05, 0.1) is 6.10 Å². The summed E-state index contributed by atoms with van der Waals surface area (Å²) in [6, 6.07) is 0. The molecule has 0 aromatic carbocycles. The predicted octanol–water partition coefficient (Wildman–Crippen LogP) is 1.32. The number of hydrogen-bond donors (Lipinski definition) is 3. The molecule has 0 spiro atoms. The molecule has 0 aromatic heterocycles. The van der Waals surface area contributed by atoms with E-state index in [0.717, 1.165) is 52.0 Å². The zero-order valence-corrected chi connectivity index (χ0v) is 13.0. The number of hydrogen-bond acceptors (Lipinski definition) is 3. The Morgan fingerprint density at radius 1 is 1.25 bits per heavy atom. The maximum Gasteiger partial charge on any atom is 0.188 e. The van der Waals surface area contributed by atoms with Crippen LogP contribution >= 0.6 is 0 Å². The molecule has 20 heavy (non-hydrogen) atoms. The molecule has 5 heteroatoms. The fourth-order valence-electron chi connectivity index (χ4n) is 2.46. The average Bonchev–Trinajstić information content (AvgIpc) is 2.45. The number of nitrogens with one attached hydrogen (secondary N) is 1. The highest BCUT2D eigenvalue weighted by molar-refractivity contribution is 5.77. The number of likely N-dealkylation sites (tertiary alicyclic amines) is 1. The topological polar surface area (TPSA) is 73.9 Å². The molecule has 1 aliphatic heterocycles. The van der Waals surface area contributed by atoms with Gasteiger partial charge in [-0.05, 0) is 32.2 Å². The molecule has 1 heterocycles. The lowest BCUT2D eigenvalue weighted by atomic mass is 10.1. The minimum absolute atomic E-state index is 0.0863. The number of rotatable bonds is 9. The second-order valence-electron chi connectivity index (χ2n) is 5.68. The molecule has 0 saturated carbocycles. The van der Waals surface area contributed by atoms with Crippen molar-refractivity contribution in [1.82, 2.24) is 10.2 Å². The van der Waals surface area contributed by atoms with Crippen LogP contribution < -0.4 is 11.1 Å². The third-order valence-corrected chi connectivity index (χ3v) is 3.81. The largest absolute Gasteiger partial charge is 0.393 e. The van der Waals surface area contributed by atoms with Crippen LogP contribution in [0.25, 0.3) is 0 Å². The summed E-state index contributed by atoms with van der Waals surface area (Å²) >= 11 is 0. The van der Waals surface area contributed by atoms with E-state index in [-0.39, 0.29) is 6.10 Å². The summed E-state index contributed by atoms with van der Waals surface area (Å²) in [5, 5.41) is 12.6. The normalized spacial score (nSPS) is 18.4. The Balaban J connectivity index is 1.97. The third kappa shape index (κ3) is 8.38. The van der Waals surface area contributed by atoms with Gasteiger partial charge in [-0.3, -0.25) is 4.99 Å². The zero-order chi connectivity index (χ0) is 14.6. The Hall–Kier alpha value is -0.810. The minimum Gasteiger partial charge on any atom is -0.393 e. The van der Waals surface area contributed by atoms with Crippen molar-refractivity contribution < 1.29 is 5.11 Å². The van der Waals surface area contributed by atoms with E-state index in [0.29, 0.717) is 5.96 Å². The first kappa shape index (κ1) is 17.2. The molecule has 0 unspecified atom stereocenters. The van der Waals surface area contributed by atoms with Crippen LogP contribution in [0.15, 0.2) is 4.99 Å². The molecular formula is C15H32N4O. The van der Waals surface area contributed by atoms with Crippen molar-refractivity contribution in [2.45, 2.75) is 58.0 Å². The summed E-state index contributed by atoms with van der Waals surface area (Å²) in [6.07, 6.45) is 7.75. The van der Waals surface area contributed by atoms with Gasteiger partial charge in [0.1, 0.15) is 0 Å². The van der Waals surface area contributed by atoms with Crippen molar-refractivity contribution in [2.24, 2.45) is 10.7 Å². The Bertz CT molecular complexity index is 263. The second-order valence-corrected chi connectivity index (χ2v) is 5.68. The monoisotopic (exact) mass is 284 g/mol. The number of aliphatic imine (C=N–C) groups is 1. The molecule has 0 bridgehead atoms. The molecule has 0 amide bonds. The van der Waals surface area contributed by atoms with Crippen molar-refractivity contribution in [1.29, 1.82) is 0 Å². The van der Waals surface area contributed by atoms with Crippen molar-refractivity contribution >= 4 is 5.96 Å². The van der Waals surface area contributed by atoms with Crippen molar-refractivity contribution in [3.05, 3.63) is 0 Å². The summed E-state index contributed by atoms with van der Waals surface area (Å²) < 4.78 is 0. The Labute approximate surface area is 123 Å². The summed E-state index contributed by atoms with van der Waals surface area (Å²) in [4.78, 5) is 6.75. The minimum atomic E-state index is -0.0863. The lowest BCUT2D eigenvalue weighted by Crippen LogP contribution is -2.36. The van der Waals surface area contributed by atoms with Gasteiger partial charge in [0.15, 0.2) is 5.96 Å². The van der Waals surface area contributed by atoms with Gasteiger partial charge < -0.3 is 21.1 Å². The molecule has 1 rings (SSSR count). The zero-order valence-electron chi connectivity index (χ0n) is 13.0. The van der Waals surface area contributed by atoms with E-state index < -0.39 is 0 Å². The molecule has 5 nitrogen and oxygen atoms in total. The molecule has 118 valence electrons. The predicted molar refractivity (Wildman–Crippen MR) is 84.9 cm³/mol. The van der Waals surface area contributed by atoms with Gasteiger partial charge in [-0.15, -0.1) is 0 Å². The van der Waals surface area contributed by atoms with Crippen LogP contribution in [0.4, 0.5) is 0 Å². The quantitative estimate of drug-likeness (QED) is 0.339. The lowest BCUT2D eigenvalue weighted by Gasteiger charge is -2.29. The number of piperidine rings is 1. The standard InChI is InChI=1S/C15H32N4O/c1-2-3-4-5-9-17-15(16)18-10-6-11-19-12-7-14(20)8-13-19/h14,20H,2-13H2,1H3,(H3,16,17,18). The molecule has 4 N–H and O–H groups in total. The van der Waals surface area contributed by atoms with Gasteiger partial charge in [-0.25, -0.2) is 0 Å². The molecule has 1 fully saturated rings. The number of aliphatic hydroxyl groups is 1. The van der Waals surface area contributed by atoms with E-state index >= 15 is 0 Å². The first-order chi connectivity index (χ1) is 9.72. The van der Waals surface area contributed by atoms with E-state index in [1.165, 1.54) is 25.7 Å². The maximum absolute atomic E-state index is 9.43. The van der Waals surface area contributed by atoms with Gasteiger partial charge >= 0.3 is 0 Å². The van der Waals surface area contributed by atoms with Gasteiger partial charge in [0.2, 0.25) is 0 Å². The fourth-order valence-corrected chi connectivity index (χ4v) is 2.46. The first-order valence-electron chi connectivity index (χ1n) is 8.16. The van der Waals surface area contributed by atoms with Gasteiger partial charge in [-0.1, -0.05) is 26.2 Å². The summed E-state index contributed by atoms with van der Waals surface area (Å²) in [7, 11) is 0. The van der Waals surface area contributed by atoms with Crippen LogP contribution in [0.1, 0.15) is 51.9 Å². The third-order valence-electron chi connectivity index (χ3n) is 3.81. The van der Waals surface area contributed by atoms with E-state index in [2.05, 4.69) is 22.1 Å². The Morgan fingerprint density at radius 2 is 2.00 bits per heavy atom. The molecule has 0 atom stereocenters. The van der Waals surface area contributed by atoms with Crippen LogP contribution in [-0.4, -0.2) is 54.8 Å². The number of guanidine groups is 1. The first-order valence-corrected chi connectivity index (χ1v) is 8.16. The SMILES string of the molecule is CCCCCCNC(N)=NCCCN1CCC(O)CC1. The lowest BCUT2D eigenvalue weighted by molar-refractivity contribution is 0.0824. The van der Waals surface area contributed by atoms with E-state index in [9.17, 15) is 5.11 Å². The second kappa shape index (κ2) is 10.9. The van der Waals surface area contributed by atoms with E-state index in [4.69, 9.17) is 5.73 Å². The van der Waals surface area contributed by atoms with Gasteiger partial charge in [-0.2, -0.15) is 0 Å². The van der Waals surface area contributed by atoms with Crippen molar-refractivity contribution in [2.75, 3.05) is 32.7 Å². The summed E-state index contributed by atoms with van der Waals surface area (Å²) in [5.41, 5.74) is 5.82. The van der Waals surface area contributed by atoms with E-state index in [1.807, 2.05) is 0 Å². The molecule has 0 radical (unpaired) electrons. The molecule has 1 aliphatic rings. The summed E-state index contributed by atoms with van der Waals surface area (Å²) in [6.45, 7) is 7.00. The molecule has 0 aromatic rings. The van der Waals surface area contributed by atoms with Gasteiger partial charge in [0.25, 0.3) is 0 Å². The number of nitrogens with zero attached hydrogens (tertiary/aromatic N) is 2. The molecular weight excluding hydrogens is 252 g/mol. The van der Waals surface area contributed by atoms with Crippen LogP contribution in [0.5, 0.6) is 0 Å². The smallest absolute Gasteiger partial charge is 0.188 e. The molecule has 0 aliphatic carbocycles. The number of aliphatic hydroxyl groups excluding tert-OH is 1. The molecule has 1 saturated heterocycles. The van der Waals surface area contributed by atoms with Crippen molar-refractivity contribution in [3.63, 3.8) is 0 Å². The van der Waals surface area contributed by atoms with Crippen molar-refractivity contribution in [3.8, 4) is 0 Å². The maximum atomic E-state index is 9.43.